The molecule has 0 radical (unpaired) electrons. The van der Waals surface area contributed by atoms with Gasteiger partial charge in [-0.25, -0.2) is 0 Å². The Balaban J connectivity index is 2.58. The molecular formula is C15H27ClN4O3. The molecule has 132 valence electrons. The van der Waals surface area contributed by atoms with E-state index in [4.69, 9.17) is 17.3 Å². The number of likely N-dealkylation sites (N-methyl/N-ethyl adjacent to an activating group) is 1. The zero-order valence-electron chi connectivity index (χ0n) is 13.6. The predicted octanol–water partition coefficient (Wildman–Crippen LogP) is 0.519. The molecule has 0 heterocycles. The van der Waals surface area contributed by atoms with Crippen molar-refractivity contribution in [2.24, 2.45) is 11.7 Å². The molecule has 0 spiro atoms. The van der Waals surface area contributed by atoms with E-state index >= 15 is 0 Å². The van der Waals surface area contributed by atoms with Gasteiger partial charge in [0.2, 0.25) is 5.91 Å². The Morgan fingerprint density at radius 1 is 1.26 bits per heavy atom. The molecule has 23 heavy (non-hydrogen) atoms. The Kier molecular flexibility index (Phi) is 8.94. The van der Waals surface area contributed by atoms with Gasteiger partial charge in [-0.2, -0.15) is 0 Å². The van der Waals surface area contributed by atoms with Gasteiger partial charge in [0.05, 0.1) is 12.6 Å². The summed E-state index contributed by atoms with van der Waals surface area (Å²) in [5.41, 5.74) is 7.64. The first-order valence-electron chi connectivity index (χ1n) is 8.10. The standard InChI is InChI=1S/C15H27ClN4O3/c1-18-12(9-11-5-3-2-4-6-11)15(23)19-20(14(22)10-16)8-7-13(17)21/h11-12,18H,2-10H2,1H3,(H2,17,21)(H,19,23)/t12-/m0/s1. The molecule has 0 unspecified atom stereocenters. The summed E-state index contributed by atoms with van der Waals surface area (Å²) in [6.07, 6.45) is 6.65. The summed E-state index contributed by atoms with van der Waals surface area (Å²) in [7, 11) is 1.73. The number of hydrogen-bond acceptors (Lipinski definition) is 4. The third kappa shape index (κ3) is 7.18. The zero-order valence-corrected chi connectivity index (χ0v) is 14.4. The lowest BCUT2D eigenvalue weighted by Gasteiger charge is -2.28. The number of carbonyl (C=O) groups excluding carboxylic acids is 3. The number of nitrogens with zero attached hydrogens (tertiary/aromatic N) is 1. The molecule has 0 bridgehead atoms. The molecule has 0 aliphatic heterocycles. The van der Waals surface area contributed by atoms with Crippen LogP contribution in [-0.2, 0) is 14.4 Å². The number of carbonyl (C=O) groups is 3. The van der Waals surface area contributed by atoms with Crippen molar-refractivity contribution in [3.8, 4) is 0 Å². The van der Waals surface area contributed by atoms with Gasteiger partial charge in [-0.3, -0.25) is 24.8 Å². The molecule has 0 aromatic heterocycles. The van der Waals surface area contributed by atoms with Crippen LogP contribution in [0, 0.1) is 5.92 Å². The number of alkyl halides is 1. The molecule has 1 aliphatic carbocycles. The van der Waals surface area contributed by atoms with Crippen LogP contribution in [0.4, 0.5) is 0 Å². The van der Waals surface area contributed by atoms with Crippen LogP contribution in [0.3, 0.4) is 0 Å². The lowest BCUT2D eigenvalue weighted by molar-refractivity contribution is -0.141. The van der Waals surface area contributed by atoms with Crippen molar-refractivity contribution in [3.05, 3.63) is 0 Å². The van der Waals surface area contributed by atoms with Crippen LogP contribution >= 0.6 is 11.6 Å². The largest absolute Gasteiger partial charge is 0.370 e. The molecule has 1 aliphatic rings. The van der Waals surface area contributed by atoms with Gasteiger partial charge in [-0.1, -0.05) is 32.1 Å². The third-order valence-electron chi connectivity index (χ3n) is 4.20. The van der Waals surface area contributed by atoms with Gasteiger partial charge in [0.15, 0.2) is 0 Å². The quantitative estimate of drug-likeness (QED) is 0.440. The second kappa shape index (κ2) is 10.4. The fourth-order valence-electron chi connectivity index (χ4n) is 2.86. The molecule has 7 nitrogen and oxygen atoms in total. The average Bonchev–Trinajstić information content (AvgIpc) is 2.56. The first-order chi connectivity index (χ1) is 11.0. The molecule has 0 aromatic carbocycles. The number of halogens is 1. The average molecular weight is 347 g/mol. The van der Waals surface area contributed by atoms with Crippen molar-refractivity contribution < 1.29 is 14.4 Å². The van der Waals surface area contributed by atoms with Crippen molar-refractivity contribution in [1.82, 2.24) is 15.8 Å². The molecule has 0 aromatic rings. The summed E-state index contributed by atoms with van der Waals surface area (Å²) in [5, 5.41) is 4.08. The molecule has 0 saturated heterocycles. The van der Waals surface area contributed by atoms with Gasteiger partial charge >= 0.3 is 0 Å². The topological polar surface area (TPSA) is 105 Å². The van der Waals surface area contributed by atoms with E-state index in [1.165, 1.54) is 19.3 Å². The second-order valence-corrected chi connectivity index (χ2v) is 6.22. The third-order valence-corrected chi connectivity index (χ3v) is 4.43. The minimum absolute atomic E-state index is 0.0203. The molecule has 1 atom stereocenters. The Hall–Kier alpha value is -1.34. The van der Waals surface area contributed by atoms with E-state index in [2.05, 4.69) is 10.7 Å². The maximum absolute atomic E-state index is 12.4. The van der Waals surface area contributed by atoms with E-state index in [-0.39, 0.29) is 30.8 Å². The minimum Gasteiger partial charge on any atom is -0.370 e. The number of nitrogens with two attached hydrogens (primary N) is 1. The van der Waals surface area contributed by atoms with E-state index in [9.17, 15) is 14.4 Å². The molecule has 8 heteroatoms. The lowest BCUT2D eigenvalue weighted by Crippen LogP contribution is -2.54. The van der Waals surface area contributed by atoms with Gasteiger partial charge in [-0.05, 0) is 19.4 Å². The first kappa shape index (κ1) is 19.7. The summed E-state index contributed by atoms with van der Waals surface area (Å²) in [6, 6.07) is -0.377. The van der Waals surface area contributed by atoms with E-state index in [1.54, 1.807) is 7.05 Å². The Labute approximate surface area is 142 Å². The smallest absolute Gasteiger partial charge is 0.255 e. The van der Waals surface area contributed by atoms with E-state index in [1.807, 2.05) is 0 Å². The normalized spacial score (nSPS) is 16.6. The van der Waals surface area contributed by atoms with Crippen molar-refractivity contribution >= 4 is 29.3 Å². The number of hydrogen-bond donors (Lipinski definition) is 3. The van der Waals surface area contributed by atoms with Crippen molar-refractivity contribution in [2.75, 3.05) is 19.5 Å². The fraction of sp³-hybridized carbons (Fsp3) is 0.800. The van der Waals surface area contributed by atoms with Crippen LogP contribution in [0.2, 0.25) is 0 Å². The van der Waals surface area contributed by atoms with Crippen LogP contribution in [-0.4, -0.2) is 48.2 Å². The van der Waals surface area contributed by atoms with Gasteiger partial charge in [0.25, 0.3) is 11.8 Å². The number of rotatable bonds is 8. The second-order valence-electron chi connectivity index (χ2n) is 5.95. The highest BCUT2D eigenvalue weighted by Gasteiger charge is 2.25. The van der Waals surface area contributed by atoms with E-state index < -0.39 is 11.8 Å². The predicted molar refractivity (Wildman–Crippen MR) is 88.4 cm³/mol. The van der Waals surface area contributed by atoms with Gasteiger partial charge in [0, 0.05) is 6.42 Å². The number of nitrogens with one attached hydrogen (secondary N) is 2. The molecular weight excluding hydrogens is 320 g/mol. The highest BCUT2D eigenvalue weighted by Crippen LogP contribution is 2.27. The number of hydrazine groups is 1. The highest BCUT2D eigenvalue weighted by atomic mass is 35.5. The Morgan fingerprint density at radius 3 is 2.43 bits per heavy atom. The van der Waals surface area contributed by atoms with Crippen molar-refractivity contribution in [2.45, 2.75) is 51.0 Å². The monoisotopic (exact) mass is 346 g/mol. The summed E-state index contributed by atoms with van der Waals surface area (Å²) < 4.78 is 0. The molecule has 1 fully saturated rings. The van der Waals surface area contributed by atoms with Crippen LogP contribution in [0.1, 0.15) is 44.9 Å². The highest BCUT2D eigenvalue weighted by molar-refractivity contribution is 6.27. The van der Waals surface area contributed by atoms with Gasteiger partial charge in [0.1, 0.15) is 5.88 Å². The minimum atomic E-state index is -0.543. The van der Waals surface area contributed by atoms with E-state index in [0.717, 1.165) is 24.3 Å². The van der Waals surface area contributed by atoms with Crippen LogP contribution in [0.25, 0.3) is 0 Å². The molecule has 4 N–H and O–H groups in total. The number of amides is 3. The SMILES string of the molecule is CN[C@@H](CC1CCCCC1)C(=O)NN(CCC(N)=O)C(=O)CCl. The van der Waals surface area contributed by atoms with Crippen LogP contribution in [0.5, 0.6) is 0 Å². The maximum Gasteiger partial charge on any atom is 0.255 e. The Bertz CT molecular complexity index is 414. The molecule has 1 rings (SSSR count). The summed E-state index contributed by atoms with van der Waals surface area (Å²) in [4.78, 5) is 35.0. The summed E-state index contributed by atoms with van der Waals surface area (Å²) in [6.45, 7) is 0.0203. The Morgan fingerprint density at radius 2 is 1.91 bits per heavy atom. The van der Waals surface area contributed by atoms with E-state index in [0.29, 0.717) is 5.92 Å². The first-order valence-corrected chi connectivity index (χ1v) is 8.63. The zero-order chi connectivity index (χ0) is 17.2. The van der Waals surface area contributed by atoms with Crippen LogP contribution in [0.15, 0.2) is 0 Å². The number of primary amides is 1. The molecule has 1 saturated carbocycles. The maximum atomic E-state index is 12.4. The lowest BCUT2D eigenvalue weighted by atomic mass is 9.84. The fourth-order valence-corrected chi connectivity index (χ4v) is 3.00. The van der Waals surface area contributed by atoms with Gasteiger partial charge < -0.3 is 11.1 Å². The van der Waals surface area contributed by atoms with Crippen molar-refractivity contribution in [1.29, 1.82) is 0 Å². The van der Waals surface area contributed by atoms with Gasteiger partial charge in [-0.15, -0.1) is 11.6 Å². The summed E-state index contributed by atoms with van der Waals surface area (Å²) in [5.74, 6) is -1.05. The van der Waals surface area contributed by atoms with Crippen molar-refractivity contribution in [3.63, 3.8) is 0 Å². The van der Waals surface area contributed by atoms with Crippen LogP contribution < -0.4 is 16.5 Å². The summed E-state index contributed by atoms with van der Waals surface area (Å²) >= 11 is 5.54. The molecule has 3 amide bonds.